The number of hydrogen-bond acceptors (Lipinski definition) is 6. The maximum absolute atomic E-state index is 13.1. The van der Waals surface area contributed by atoms with Crippen LogP contribution in [0.5, 0.6) is 0 Å². The van der Waals surface area contributed by atoms with Crippen molar-refractivity contribution in [3.8, 4) is 0 Å². The van der Waals surface area contributed by atoms with Gasteiger partial charge in [0, 0.05) is 33.2 Å². The average Bonchev–Trinajstić information content (AvgIpc) is 3.14. The largest absolute Gasteiger partial charge is 0.444 e. The lowest BCUT2D eigenvalue weighted by Crippen LogP contribution is -2.50. The molecule has 0 spiro atoms. The lowest BCUT2D eigenvalue weighted by atomic mass is 10.1. The Hall–Kier alpha value is -3.36. The van der Waals surface area contributed by atoms with Gasteiger partial charge in [-0.3, -0.25) is 14.3 Å². The van der Waals surface area contributed by atoms with Crippen molar-refractivity contribution >= 4 is 29.4 Å². The second-order valence-corrected chi connectivity index (χ2v) is 8.83. The van der Waals surface area contributed by atoms with Crippen molar-refractivity contribution in [3.05, 3.63) is 41.1 Å². The lowest BCUT2D eigenvalue weighted by Gasteiger charge is -2.36. The van der Waals surface area contributed by atoms with E-state index in [0.717, 1.165) is 5.69 Å². The van der Waals surface area contributed by atoms with Gasteiger partial charge in [0.15, 0.2) is 5.82 Å². The summed E-state index contributed by atoms with van der Waals surface area (Å²) >= 11 is 0. The number of ether oxygens (including phenoxy) is 1. The van der Waals surface area contributed by atoms with Crippen molar-refractivity contribution in [1.29, 1.82) is 0 Å². The van der Waals surface area contributed by atoms with Gasteiger partial charge in [-0.2, -0.15) is 5.10 Å². The highest BCUT2D eigenvalue weighted by molar-refractivity contribution is 6.35. The van der Waals surface area contributed by atoms with Gasteiger partial charge in [-0.15, -0.1) is 0 Å². The molecule has 0 atom stereocenters. The molecule has 1 aromatic carbocycles. The lowest BCUT2D eigenvalue weighted by molar-refractivity contribution is 0.0240. The third kappa shape index (κ3) is 3.64. The van der Waals surface area contributed by atoms with Crippen LogP contribution in [0.1, 0.15) is 47.2 Å². The molecule has 31 heavy (non-hydrogen) atoms. The summed E-state index contributed by atoms with van der Waals surface area (Å²) < 4.78 is 7.14. The van der Waals surface area contributed by atoms with Crippen LogP contribution in [0.3, 0.4) is 0 Å². The van der Waals surface area contributed by atoms with Crippen molar-refractivity contribution in [2.75, 3.05) is 36.0 Å². The van der Waals surface area contributed by atoms with Crippen molar-refractivity contribution in [2.24, 2.45) is 7.05 Å². The van der Waals surface area contributed by atoms with Crippen LogP contribution in [0.15, 0.2) is 24.3 Å². The normalized spacial score (nSPS) is 16.7. The van der Waals surface area contributed by atoms with E-state index in [-0.39, 0.29) is 17.9 Å². The minimum absolute atomic E-state index is 0.342. The molecule has 9 nitrogen and oxygen atoms in total. The standard InChI is InChI=1S/C22H27N5O4/c1-14-17(27-19(28)15-8-6-7-9-16(15)20(27)29)18(23-24(14)5)25-10-12-26(13-11-25)21(30)31-22(2,3)4/h6-9H,10-13H2,1-5H3. The smallest absolute Gasteiger partial charge is 0.410 e. The first-order valence-electron chi connectivity index (χ1n) is 10.3. The highest BCUT2D eigenvalue weighted by atomic mass is 16.6. The average molecular weight is 425 g/mol. The summed E-state index contributed by atoms with van der Waals surface area (Å²) in [6, 6.07) is 6.84. The highest BCUT2D eigenvalue weighted by Crippen LogP contribution is 2.37. The van der Waals surface area contributed by atoms with Gasteiger partial charge in [0.1, 0.15) is 11.3 Å². The van der Waals surface area contributed by atoms with Gasteiger partial charge >= 0.3 is 6.09 Å². The molecule has 0 bridgehead atoms. The van der Waals surface area contributed by atoms with Gasteiger partial charge < -0.3 is 14.5 Å². The molecule has 1 fully saturated rings. The maximum atomic E-state index is 13.1. The topological polar surface area (TPSA) is 88.0 Å². The van der Waals surface area contributed by atoms with Crippen LogP contribution in [0.4, 0.5) is 16.3 Å². The second-order valence-electron chi connectivity index (χ2n) is 8.83. The number of nitrogens with zero attached hydrogens (tertiary/aromatic N) is 5. The van der Waals surface area contributed by atoms with Crippen LogP contribution < -0.4 is 9.80 Å². The number of rotatable bonds is 2. The van der Waals surface area contributed by atoms with E-state index in [9.17, 15) is 14.4 Å². The molecule has 0 saturated carbocycles. The minimum atomic E-state index is -0.551. The van der Waals surface area contributed by atoms with Gasteiger partial charge in [-0.1, -0.05) is 12.1 Å². The van der Waals surface area contributed by atoms with Crippen molar-refractivity contribution in [3.63, 3.8) is 0 Å². The number of hydrogen-bond donors (Lipinski definition) is 0. The Kier molecular flexibility index (Phi) is 4.99. The molecule has 0 radical (unpaired) electrons. The maximum Gasteiger partial charge on any atom is 0.410 e. The third-order valence-corrected chi connectivity index (χ3v) is 5.53. The Bertz CT molecular complexity index is 1030. The second kappa shape index (κ2) is 7.40. The third-order valence-electron chi connectivity index (χ3n) is 5.53. The number of carbonyl (C=O) groups excluding carboxylic acids is 3. The molecule has 164 valence electrons. The molecule has 0 aliphatic carbocycles. The monoisotopic (exact) mass is 425 g/mol. The van der Waals surface area contributed by atoms with Crippen LogP contribution >= 0.6 is 0 Å². The number of fused-ring (bicyclic) bond motifs is 1. The summed E-state index contributed by atoms with van der Waals surface area (Å²) in [7, 11) is 1.79. The van der Waals surface area contributed by atoms with E-state index in [2.05, 4.69) is 5.10 Å². The van der Waals surface area contributed by atoms with E-state index >= 15 is 0 Å². The van der Waals surface area contributed by atoms with Crippen molar-refractivity contribution in [1.82, 2.24) is 14.7 Å². The van der Waals surface area contributed by atoms with Gasteiger partial charge in [-0.05, 0) is 39.8 Å². The van der Waals surface area contributed by atoms with Gasteiger partial charge in [0.05, 0.1) is 16.8 Å². The Morgan fingerprint density at radius 2 is 1.55 bits per heavy atom. The Labute approximate surface area is 181 Å². The number of benzene rings is 1. The van der Waals surface area contributed by atoms with Gasteiger partial charge in [0.2, 0.25) is 0 Å². The number of anilines is 2. The first-order valence-corrected chi connectivity index (χ1v) is 10.3. The summed E-state index contributed by atoms with van der Waals surface area (Å²) in [4.78, 5) is 43.4. The number of amides is 3. The summed E-state index contributed by atoms with van der Waals surface area (Å²) in [6.07, 6.45) is -0.343. The minimum Gasteiger partial charge on any atom is -0.444 e. The van der Waals surface area contributed by atoms with E-state index in [1.165, 1.54) is 4.90 Å². The summed E-state index contributed by atoms with van der Waals surface area (Å²) in [5.74, 6) is -0.117. The van der Waals surface area contributed by atoms with E-state index < -0.39 is 5.60 Å². The van der Waals surface area contributed by atoms with E-state index in [0.29, 0.717) is 48.8 Å². The fraction of sp³-hybridized carbons (Fsp3) is 0.455. The van der Waals surface area contributed by atoms with Crippen molar-refractivity contribution < 1.29 is 19.1 Å². The molecule has 0 unspecified atom stereocenters. The molecule has 9 heteroatoms. The number of imide groups is 1. The van der Waals surface area contributed by atoms with Crippen LogP contribution in [-0.4, -0.2) is 64.4 Å². The molecule has 4 rings (SSSR count). The number of aromatic nitrogens is 2. The SMILES string of the molecule is Cc1c(N2C(=O)c3ccccc3C2=O)c(N2CCN(C(=O)OC(C)(C)C)CC2)nn1C. The number of aryl methyl sites for hydroxylation is 1. The van der Waals surface area contributed by atoms with Gasteiger partial charge in [-0.25, -0.2) is 9.69 Å². The molecule has 2 aliphatic heterocycles. The number of piperazine rings is 1. The summed E-state index contributed by atoms with van der Waals surface area (Å²) in [5, 5.41) is 4.60. The van der Waals surface area contributed by atoms with Crippen molar-refractivity contribution in [2.45, 2.75) is 33.3 Å². The van der Waals surface area contributed by atoms with Crippen LogP contribution in [0.2, 0.25) is 0 Å². The first-order chi connectivity index (χ1) is 14.6. The van der Waals surface area contributed by atoms with E-state index in [4.69, 9.17) is 4.74 Å². The molecule has 1 saturated heterocycles. The van der Waals surface area contributed by atoms with Crippen LogP contribution in [0.25, 0.3) is 0 Å². The van der Waals surface area contributed by atoms with E-state index in [1.807, 2.05) is 32.6 Å². The molecule has 1 aromatic heterocycles. The van der Waals surface area contributed by atoms with Crippen LogP contribution in [-0.2, 0) is 11.8 Å². The predicted octanol–water partition coefficient (Wildman–Crippen LogP) is 2.59. The fourth-order valence-electron chi connectivity index (χ4n) is 3.87. The molecule has 3 amide bonds. The zero-order chi connectivity index (χ0) is 22.5. The summed E-state index contributed by atoms with van der Waals surface area (Å²) in [5.41, 5.74) is 1.47. The molecule has 0 N–H and O–H groups in total. The molecular weight excluding hydrogens is 398 g/mol. The first kappa shape index (κ1) is 20.9. The fourth-order valence-corrected chi connectivity index (χ4v) is 3.87. The Balaban J connectivity index is 1.59. The Morgan fingerprint density at radius 3 is 2.06 bits per heavy atom. The van der Waals surface area contributed by atoms with Crippen LogP contribution in [0, 0.1) is 6.92 Å². The number of carbonyl (C=O) groups is 3. The Morgan fingerprint density at radius 1 is 1.00 bits per heavy atom. The zero-order valence-corrected chi connectivity index (χ0v) is 18.5. The quantitative estimate of drug-likeness (QED) is 0.688. The molecule has 3 heterocycles. The zero-order valence-electron chi connectivity index (χ0n) is 18.5. The molecule has 2 aromatic rings. The van der Waals surface area contributed by atoms with Gasteiger partial charge in [0.25, 0.3) is 11.8 Å². The highest BCUT2D eigenvalue weighted by Gasteiger charge is 2.41. The molecular formula is C22H27N5O4. The molecule has 2 aliphatic rings. The summed E-state index contributed by atoms with van der Waals surface area (Å²) in [6.45, 7) is 9.33. The van der Waals surface area contributed by atoms with E-state index in [1.54, 1.807) is 40.9 Å². The predicted molar refractivity (Wildman–Crippen MR) is 116 cm³/mol.